The number of thioether (sulfide) groups is 1. The van der Waals surface area contributed by atoms with Crippen LogP contribution < -0.4 is 9.77 Å². The van der Waals surface area contributed by atoms with Crippen LogP contribution in [-0.2, 0) is 9.59 Å². The Hall–Kier alpha value is -2.35. The average Bonchev–Trinajstić information content (AvgIpc) is 3.54. The van der Waals surface area contributed by atoms with E-state index in [2.05, 4.69) is 36.2 Å². The van der Waals surface area contributed by atoms with E-state index in [1.165, 1.54) is 27.4 Å². The fourth-order valence-electron chi connectivity index (χ4n) is 7.01. The van der Waals surface area contributed by atoms with Crippen LogP contribution in [0, 0.1) is 36.5 Å². The Kier molecular flexibility index (Phi) is 4.52. The van der Waals surface area contributed by atoms with E-state index in [0.717, 1.165) is 16.3 Å². The molecular formula is C26H21ClN2O3S2. The quantitative estimate of drug-likeness (QED) is 0.490. The highest BCUT2D eigenvalue weighted by Gasteiger charge is 2.69. The number of rotatable bonds is 2. The molecule has 2 saturated carbocycles. The van der Waals surface area contributed by atoms with Gasteiger partial charge in [-0.05, 0) is 60.9 Å². The van der Waals surface area contributed by atoms with Crippen LogP contribution in [0.25, 0.3) is 0 Å². The minimum Gasteiger partial charge on any atom is -0.307 e. The van der Waals surface area contributed by atoms with Gasteiger partial charge in [0.05, 0.1) is 22.5 Å². The summed E-state index contributed by atoms with van der Waals surface area (Å²) in [5.74, 6) is -0.202. The minimum absolute atomic E-state index is 0.0387. The molecule has 8 heteroatoms. The molecule has 7 atom stereocenters. The summed E-state index contributed by atoms with van der Waals surface area (Å²) in [5.41, 5.74) is 2.98. The van der Waals surface area contributed by atoms with Gasteiger partial charge < -0.3 is 4.98 Å². The van der Waals surface area contributed by atoms with Crippen molar-refractivity contribution in [2.45, 2.75) is 29.5 Å². The molecule has 1 aromatic heterocycles. The molecule has 0 radical (unpaired) electrons. The van der Waals surface area contributed by atoms with Gasteiger partial charge in [-0.1, -0.05) is 52.8 Å². The van der Waals surface area contributed by atoms with Crippen LogP contribution in [0.5, 0.6) is 0 Å². The Labute approximate surface area is 209 Å². The van der Waals surface area contributed by atoms with Crippen LogP contribution in [0.1, 0.15) is 28.3 Å². The van der Waals surface area contributed by atoms with E-state index in [0.29, 0.717) is 10.7 Å². The number of fused-ring (bicyclic) bond motifs is 9. The second-order valence-electron chi connectivity index (χ2n) is 9.86. The summed E-state index contributed by atoms with van der Waals surface area (Å²) in [6.45, 7) is 2.07. The normalized spacial score (nSPS) is 33.2. The third-order valence-corrected chi connectivity index (χ3v) is 11.1. The second-order valence-corrected chi connectivity index (χ2v) is 12.5. The number of hydrogen-bond donors (Lipinski definition) is 1. The Morgan fingerprint density at radius 2 is 1.62 bits per heavy atom. The first kappa shape index (κ1) is 21.0. The lowest BCUT2D eigenvalue weighted by Gasteiger charge is -2.43. The number of amides is 2. The van der Waals surface area contributed by atoms with Crippen LogP contribution in [0.2, 0.25) is 5.02 Å². The molecular weight excluding hydrogens is 488 g/mol. The highest BCUT2D eigenvalue weighted by molar-refractivity contribution is 8.00. The first-order valence-corrected chi connectivity index (χ1v) is 13.6. The molecule has 5 nitrogen and oxygen atoms in total. The Balaban J connectivity index is 1.32. The Morgan fingerprint density at radius 1 is 0.941 bits per heavy atom. The summed E-state index contributed by atoms with van der Waals surface area (Å²) in [6, 6.07) is 15.5. The lowest BCUT2D eigenvalue weighted by Crippen LogP contribution is -2.42. The van der Waals surface area contributed by atoms with Gasteiger partial charge in [-0.25, -0.2) is 0 Å². The van der Waals surface area contributed by atoms with Crippen LogP contribution in [-0.4, -0.2) is 22.0 Å². The smallest absolute Gasteiger partial charge is 0.305 e. The fraction of sp³-hybridized carbons (Fsp3) is 0.346. The summed E-state index contributed by atoms with van der Waals surface area (Å²) < 4.78 is 0. The molecule has 1 N–H and O–H groups in total. The van der Waals surface area contributed by atoms with Crippen molar-refractivity contribution in [2.24, 2.45) is 29.6 Å². The molecule has 34 heavy (non-hydrogen) atoms. The third-order valence-electron chi connectivity index (χ3n) is 8.25. The number of aromatic nitrogens is 1. The molecule has 172 valence electrons. The van der Waals surface area contributed by atoms with Crippen LogP contribution in [0.15, 0.2) is 58.4 Å². The number of nitrogens with zero attached hydrogens (tertiary/aromatic N) is 1. The van der Waals surface area contributed by atoms with E-state index in [-0.39, 0.29) is 57.4 Å². The van der Waals surface area contributed by atoms with E-state index >= 15 is 0 Å². The second kappa shape index (κ2) is 7.33. The maximum atomic E-state index is 13.7. The highest BCUT2D eigenvalue weighted by Crippen LogP contribution is 2.68. The van der Waals surface area contributed by atoms with Crippen molar-refractivity contribution in [1.29, 1.82) is 0 Å². The van der Waals surface area contributed by atoms with Crippen LogP contribution in [0.4, 0.5) is 5.69 Å². The molecule has 2 amide bonds. The van der Waals surface area contributed by atoms with Gasteiger partial charge >= 0.3 is 4.87 Å². The fourth-order valence-corrected chi connectivity index (χ4v) is 10.0. The van der Waals surface area contributed by atoms with Gasteiger partial charge in [-0.2, -0.15) is 0 Å². The summed E-state index contributed by atoms with van der Waals surface area (Å²) in [6.07, 6.45) is 0.894. The van der Waals surface area contributed by atoms with Crippen molar-refractivity contribution in [3.8, 4) is 0 Å². The summed E-state index contributed by atoms with van der Waals surface area (Å²) in [7, 11) is 0. The van der Waals surface area contributed by atoms with E-state index in [1.807, 2.05) is 0 Å². The largest absolute Gasteiger partial charge is 0.307 e. The monoisotopic (exact) mass is 508 g/mol. The van der Waals surface area contributed by atoms with Crippen molar-refractivity contribution < 1.29 is 9.59 Å². The summed E-state index contributed by atoms with van der Waals surface area (Å²) in [4.78, 5) is 45.1. The van der Waals surface area contributed by atoms with E-state index in [1.54, 1.807) is 36.0 Å². The first-order chi connectivity index (χ1) is 16.4. The number of hydrogen-bond acceptors (Lipinski definition) is 5. The van der Waals surface area contributed by atoms with Crippen molar-refractivity contribution in [2.75, 3.05) is 4.90 Å². The molecule has 2 bridgehead atoms. The number of anilines is 1. The molecule has 4 aliphatic rings. The molecule has 3 aromatic rings. The molecule has 2 aliphatic carbocycles. The van der Waals surface area contributed by atoms with Crippen molar-refractivity contribution in [3.63, 3.8) is 0 Å². The van der Waals surface area contributed by atoms with Gasteiger partial charge in [0.2, 0.25) is 11.8 Å². The first-order valence-electron chi connectivity index (χ1n) is 11.5. The molecule has 3 fully saturated rings. The van der Waals surface area contributed by atoms with E-state index in [4.69, 9.17) is 11.6 Å². The summed E-state index contributed by atoms with van der Waals surface area (Å²) >= 11 is 9.05. The number of aryl methyl sites for hydroxylation is 1. The molecule has 3 heterocycles. The Morgan fingerprint density at radius 3 is 2.32 bits per heavy atom. The molecule has 0 unspecified atom stereocenters. The summed E-state index contributed by atoms with van der Waals surface area (Å²) in [5, 5.41) is 1.72. The lowest BCUT2D eigenvalue weighted by atomic mass is 9.68. The maximum Gasteiger partial charge on any atom is 0.305 e. The number of H-pyrrole nitrogens is 1. The number of carbonyl (C=O) groups is 2. The molecule has 0 spiro atoms. The zero-order valence-electron chi connectivity index (χ0n) is 18.2. The topological polar surface area (TPSA) is 70.2 Å². The van der Waals surface area contributed by atoms with Crippen molar-refractivity contribution >= 4 is 52.2 Å². The van der Waals surface area contributed by atoms with E-state index < -0.39 is 0 Å². The number of benzene rings is 2. The zero-order valence-corrected chi connectivity index (χ0v) is 20.6. The van der Waals surface area contributed by atoms with Gasteiger partial charge in [-0.3, -0.25) is 19.3 Å². The molecule has 2 aromatic carbocycles. The lowest BCUT2D eigenvalue weighted by molar-refractivity contribution is -0.123. The predicted octanol–water partition coefficient (Wildman–Crippen LogP) is 5.08. The highest BCUT2D eigenvalue weighted by atomic mass is 35.5. The molecule has 1 saturated heterocycles. The predicted molar refractivity (Wildman–Crippen MR) is 134 cm³/mol. The van der Waals surface area contributed by atoms with Crippen LogP contribution >= 0.6 is 34.7 Å². The van der Waals surface area contributed by atoms with Crippen molar-refractivity contribution in [3.05, 3.63) is 79.2 Å². The number of halogens is 1. The van der Waals surface area contributed by atoms with Gasteiger partial charge in [-0.15, -0.1) is 11.8 Å². The number of nitrogens with one attached hydrogen (secondary N) is 1. The maximum absolute atomic E-state index is 13.7. The van der Waals surface area contributed by atoms with E-state index in [9.17, 15) is 14.4 Å². The molecule has 7 rings (SSSR count). The zero-order chi connectivity index (χ0) is 23.3. The van der Waals surface area contributed by atoms with Gasteiger partial charge in [0.25, 0.3) is 0 Å². The SMILES string of the molecule is Cc1ccc([C@H]2c3sc(=O)[nH]c3S[C@H]3[C@@H]4C[C@H]([C@H]5C(=O)N(c6ccc(Cl)cc6)C(=O)[C@H]45)[C@H]23)cc1. The number of carbonyl (C=O) groups excluding carboxylic acids is 2. The Bertz CT molecular complexity index is 1400. The average molecular weight is 509 g/mol. The molecule has 2 aliphatic heterocycles. The van der Waals surface area contributed by atoms with Gasteiger partial charge in [0, 0.05) is 21.1 Å². The number of imide groups is 1. The number of aromatic amines is 1. The standard InChI is InChI=1S/C26H21ClN2O3S2/c1-11-2-4-12(5-3-11)17-18-15-10-16(21(18)33-23-22(17)34-26(32)28-23)20-19(15)24(30)29(25(20)31)14-8-6-13(27)7-9-14/h2-9,15-21H,10H2,1H3,(H,28,32)/t15-,16+,17+,18+,19+,20+,21-/m0/s1. The third kappa shape index (κ3) is 2.77. The van der Waals surface area contributed by atoms with Gasteiger partial charge in [0.1, 0.15) is 0 Å². The number of thiazole rings is 1. The van der Waals surface area contributed by atoms with Gasteiger partial charge in [0.15, 0.2) is 0 Å². The van der Waals surface area contributed by atoms with Crippen LogP contribution in [0.3, 0.4) is 0 Å². The van der Waals surface area contributed by atoms with Crippen molar-refractivity contribution in [1.82, 2.24) is 4.98 Å². The minimum atomic E-state index is -0.291.